The number of hydrogen-bond acceptors (Lipinski definition) is 3. The fourth-order valence-electron chi connectivity index (χ4n) is 2.59. The Hall–Kier alpha value is -1.18. The second-order valence-electron chi connectivity index (χ2n) is 6.27. The molecule has 3 aromatic rings. The summed E-state index contributed by atoms with van der Waals surface area (Å²) in [7, 11) is 0. The van der Waals surface area contributed by atoms with E-state index in [1.165, 1.54) is 24.3 Å². The van der Waals surface area contributed by atoms with Crippen LogP contribution >= 0.6 is 57.6 Å². The van der Waals surface area contributed by atoms with Gasteiger partial charge in [-0.1, -0.05) is 23.2 Å². The average Bonchev–Trinajstić information content (AvgIpc) is 3.05. The van der Waals surface area contributed by atoms with Crippen LogP contribution in [0.2, 0.25) is 10.0 Å². The third kappa shape index (κ3) is 5.79. The molecule has 0 aliphatic rings. The maximum Gasteiger partial charge on any atom is 0.453 e. The molecule has 0 saturated heterocycles. The molecule has 0 aliphatic heterocycles. The molecule has 1 heterocycles. The molecular weight excluding hydrogens is 602 g/mol. The molecule has 0 unspecified atom stereocenters. The lowest BCUT2D eigenvalue weighted by atomic mass is 10.1. The Morgan fingerprint density at radius 2 is 1.74 bits per heavy atom. The van der Waals surface area contributed by atoms with Gasteiger partial charge in [0.05, 0.1) is 16.5 Å². The van der Waals surface area contributed by atoms with Gasteiger partial charge in [0.25, 0.3) is 5.82 Å². The van der Waals surface area contributed by atoms with Crippen molar-refractivity contribution in [2.45, 2.75) is 24.2 Å². The molecule has 0 atom stereocenters. The van der Waals surface area contributed by atoms with Crippen LogP contribution in [0.4, 0.5) is 26.3 Å². The maximum atomic E-state index is 13.4. The van der Waals surface area contributed by atoms with Gasteiger partial charge >= 0.3 is 12.4 Å². The Kier molecular flexibility index (Phi) is 7.09. The van der Waals surface area contributed by atoms with Crippen LogP contribution in [0.1, 0.15) is 11.4 Å². The van der Waals surface area contributed by atoms with Gasteiger partial charge in [-0.25, -0.2) is 9.67 Å². The summed E-state index contributed by atoms with van der Waals surface area (Å²) in [6, 6.07) is 7.09. The van der Waals surface area contributed by atoms with E-state index in [0.717, 1.165) is 4.68 Å². The lowest BCUT2D eigenvalue weighted by Gasteiger charge is -2.14. The minimum absolute atomic E-state index is 0.0460. The second kappa shape index (κ2) is 8.99. The summed E-state index contributed by atoms with van der Waals surface area (Å²) in [4.78, 5) is 3.85. The number of benzene rings is 2. The molecule has 2 aromatic carbocycles. The standard InChI is InChI=1S/C18H10Cl2F6IN3S/c1-8-4-12(27)14(31-7-17(21,22)23)6-13(8)30-15(28-16(29-30)18(24,25)26)10-3-2-9(19)5-11(10)20/h2-6H,7H2,1H3. The summed E-state index contributed by atoms with van der Waals surface area (Å²) in [5.41, 5.74) is 0.774. The van der Waals surface area contributed by atoms with Gasteiger partial charge in [-0.3, -0.25) is 0 Å². The first kappa shape index (κ1) is 24.5. The number of alkyl halides is 6. The minimum Gasteiger partial charge on any atom is -0.212 e. The third-order valence-electron chi connectivity index (χ3n) is 3.90. The molecule has 3 rings (SSSR count). The van der Waals surface area contributed by atoms with Gasteiger partial charge in [0.15, 0.2) is 5.82 Å². The van der Waals surface area contributed by atoms with Crippen LogP contribution in [0, 0.1) is 10.5 Å². The lowest BCUT2D eigenvalue weighted by Crippen LogP contribution is -2.11. The highest BCUT2D eigenvalue weighted by Gasteiger charge is 2.38. The summed E-state index contributed by atoms with van der Waals surface area (Å²) in [6.07, 6.45) is -9.25. The van der Waals surface area contributed by atoms with E-state index < -0.39 is 23.9 Å². The fourth-order valence-corrected chi connectivity index (χ4v) is 4.88. The first-order valence-electron chi connectivity index (χ1n) is 8.26. The normalized spacial score (nSPS) is 12.5. The van der Waals surface area contributed by atoms with Crippen molar-refractivity contribution in [2.75, 3.05) is 5.75 Å². The second-order valence-corrected chi connectivity index (χ2v) is 9.29. The zero-order chi connectivity index (χ0) is 23.1. The zero-order valence-corrected chi connectivity index (χ0v) is 19.7. The van der Waals surface area contributed by atoms with Gasteiger partial charge in [0.1, 0.15) is 0 Å². The molecule has 0 spiro atoms. The van der Waals surface area contributed by atoms with Crippen molar-refractivity contribution < 1.29 is 26.3 Å². The number of aryl methyl sites for hydroxylation is 1. The quantitative estimate of drug-likeness (QED) is 0.171. The predicted octanol–water partition coefficient (Wildman–Crippen LogP) is 7.83. The molecule has 166 valence electrons. The Bertz CT molecular complexity index is 1130. The smallest absolute Gasteiger partial charge is 0.212 e. The minimum atomic E-state index is -4.84. The van der Waals surface area contributed by atoms with E-state index >= 15 is 0 Å². The van der Waals surface area contributed by atoms with Crippen molar-refractivity contribution in [2.24, 2.45) is 0 Å². The summed E-state index contributed by atoms with van der Waals surface area (Å²) in [5, 5.41) is 3.90. The number of rotatable bonds is 4. The molecular formula is C18H10Cl2F6IN3S. The fraction of sp³-hybridized carbons (Fsp3) is 0.222. The topological polar surface area (TPSA) is 30.7 Å². The van der Waals surface area contributed by atoms with E-state index in [0.29, 0.717) is 20.9 Å². The number of thioether (sulfide) groups is 1. The molecule has 0 fully saturated rings. The lowest BCUT2D eigenvalue weighted by molar-refractivity contribution is -0.144. The van der Waals surface area contributed by atoms with Gasteiger partial charge in [-0.05, 0) is 65.4 Å². The van der Waals surface area contributed by atoms with Crippen molar-refractivity contribution in [3.63, 3.8) is 0 Å². The average molecular weight is 612 g/mol. The van der Waals surface area contributed by atoms with Gasteiger partial charge in [0, 0.05) is 19.1 Å². The maximum absolute atomic E-state index is 13.4. The van der Waals surface area contributed by atoms with E-state index in [4.69, 9.17) is 23.2 Å². The summed E-state index contributed by atoms with van der Waals surface area (Å²) in [6.45, 7) is 1.61. The Labute approximate surface area is 200 Å². The van der Waals surface area contributed by atoms with Gasteiger partial charge in [-0.15, -0.1) is 16.9 Å². The first-order chi connectivity index (χ1) is 14.3. The highest BCUT2D eigenvalue weighted by molar-refractivity contribution is 14.1. The van der Waals surface area contributed by atoms with Crippen LogP contribution in [0.3, 0.4) is 0 Å². The van der Waals surface area contributed by atoms with Crippen molar-refractivity contribution >= 4 is 57.6 Å². The highest BCUT2D eigenvalue weighted by atomic mass is 127. The Morgan fingerprint density at radius 3 is 2.32 bits per heavy atom. The highest BCUT2D eigenvalue weighted by Crippen LogP contribution is 2.37. The van der Waals surface area contributed by atoms with Crippen LogP contribution in [-0.4, -0.2) is 26.7 Å². The van der Waals surface area contributed by atoms with Crippen LogP contribution in [0.5, 0.6) is 0 Å². The molecule has 0 saturated carbocycles. The van der Waals surface area contributed by atoms with Crippen LogP contribution in [0.25, 0.3) is 17.1 Å². The summed E-state index contributed by atoms with van der Waals surface area (Å²) >= 11 is 14.4. The van der Waals surface area contributed by atoms with Gasteiger partial charge in [-0.2, -0.15) is 26.3 Å². The number of halogens is 9. The number of aromatic nitrogens is 3. The number of hydrogen-bond donors (Lipinski definition) is 0. The van der Waals surface area contributed by atoms with Gasteiger partial charge < -0.3 is 0 Å². The van der Waals surface area contributed by atoms with E-state index in [2.05, 4.69) is 10.1 Å². The third-order valence-corrected chi connectivity index (χ3v) is 6.83. The van der Waals surface area contributed by atoms with Crippen LogP contribution < -0.4 is 0 Å². The molecule has 0 amide bonds. The Morgan fingerprint density at radius 1 is 1.06 bits per heavy atom. The molecule has 3 nitrogen and oxygen atoms in total. The molecule has 0 radical (unpaired) electrons. The van der Waals surface area contributed by atoms with E-state index in [-0.39, 0.29) is 32.0 Å². The Balaban J connectivity index is 2.21. The largest absolute Gasteiger partial charge is 0.453 e. The molecule has 0 bridgehead atoms. The first-order valence-corrected chi connectivity index (χ1v) is 11.1. The molecule has 0 aliphatic carbocycles. The molecule has 0 N–H and O–H groups in total. The van der Waals surface area contributed by atoms with E-state index in [9.17, 15) is 26.3 Å². The van der Waals surface area contributed by atoms with E-state index in [1.807, 2.05) is 22.6 Å². The monoisotopic (exact) mass is 611 g/mol. The summed E-state index contributed by atoms with van der Waals surface area (Å²) in [5.74, 6) is -2.77. The van der Waals surface area contributed by atoms with Crippen LogP contribution in [0.15, 0.2) is 35.2 Å². The van der Waals surface area contributed by atoms with Crippen molar-refractivity contribution in [1.29, 1.82) is 0 Å². The van der Waals surface area contributed by atoms with Gasteiger partial charge in [0.2, 0.25) is 0 Å². The van der Waals surface area contributed by atoms with Crippen molar-refractivity contribution in [1.82, 2.24) is 14.8 Å². The number of nitrogens with zero attached hydrogens (tertiary/aromatic N) is 3. The zero-order valence-electron chi connectivity index (χ0n) is 15.2. The summed E-state index contributed by atoms with van der Waals surface area (Å²) < 4.78 is 79.5. The van der Waals surface area contributed by atoms with Crippen LogP contribution in [-0.2, 0) is 6.18 Å². The van der Waals surface area contributed by atoms with Crippen molar-refractivity contribution in [3.8, 4) is 17.1 Å². The molecule has 1 aromatic heterocycles. The predicted molar refractivity (Wildman–Crippen MR) is 116 cm³/mol. The molecule has 31 heavy (non-hydrogen) atoms. The van der Waals surface area contributed by atoms with E-state index in [1.54, 1.807) is 13.0 Å². The molecule has 13 heteroatoms. The SMILES string of the molecule is Cc1cc(I)c(SCC(F)(F)F)cc1-n1nc(C(F)(F)F)nc1-c1ccc(Cl)cc1Cl. The van der Waals surface area contributed by atoms with Crippen molar-refractivity contribution in [3.05, 3.63) is 55.3 Å².